The Balaban J connectivity index is 1.95. The zero-order valence-corrected chi connectivity index (χ0v) is 16.8. The molecule has 2 heterocycles. The van der Waals surface area contributed by atoms with Crippen LogP contribution in [0.1, 0.15) is 32.3 Å². The number of nitrogens with zero attached hydrogens (tertiary/aromatic N) is 2. The highest BCUT2D eigenvalue weighted by Gasteiger charge is 2.42. The molecular formula is C17H24N2O5S2. The Morgan fingerprint density at radius 2 is 1.73 bits per heavy atom. The first-order chi connectivity index (χ1) is 12.0. The first kappa shape index (κ1) is 19.3. The summed E-state index contributed by atoms with van der Waals surface area (Å²) in [7, 11) is -7.34. The molecule has 0 bridgehead atoms. The van der Waals surface area contributed by atoms with E-state index >= 15 is 0 Å². The number of anilines is 1. The van der Waals surface area contributed by atoms with Crippen molar-refractivity contribution < 1.29 is 21.6 Å². The zero-order valence-electron chi connectivity index (χ0n) is 15.2. The topological polar surface area (TPSA) is 91.8 Å². The van der Waals surface area contributed by atoms with Gasteiger partial charge in [-0.15, -0.1) is 0 Å². The highest BCUT2D eigenvalue weighted by molar-refractivity contribution is 7.94. The first-order valence-electron chi connectivity index (χ1n) is 8.71. The Bertz CT molecular complexity index is 932. The number of rotatable bonds is 3. The van der Waals surface area contributed by atoms with Crippen LogP contribution < -0.4 is 4.31 Å². The van der Waals surface area contributed by atoms with Gasteiger partial charge in [-0.1, -0.05) is 13.8 Å². The van der Waals surface area contributed by atoms with Gasteiger partial charge in [-0.2, -0.15) is 4.31 Å². The Kier molecular flexibility index (Phi) is 4.91. The number of amides is 1. The van der Waals surface area contributed by atoms with Crippen molar-refractivity contribution in [2.24, 2.45) is 11.8 Å². The lowest BCUT2D eigenvalue weighted by molar-refractivity contribution is -0.119. The minimum atomic E-state index is -3.71. The Labute approximate surface area is 155 Å². The van der Waals surface area contributed by atoms with Crippen molar-refractivity contribution >= 4 is 31.6 Å². The van der Waals surface area contributed by atoms with Crippen molar-refractivity contribution in [2.45, 2.75) is 38.5 Å². The number of carbonyl (C=O) groups excluding carboxylic acids is 1. The molecule has 1 atom stereocenters. The van der Waals surface area contributed by atoms with E-state index in [2.05, 4.69) is 6.92 Å². The average Bonchev–Trinajstić information content (AvgIpc) is 2.75. The van der Waals surface area contributed by atoms with Crippen molar-refractivity contribution in [2.75, 3.05) is 23.1 Å². The highest BCUT2D eigenvalue weighted by atomic mass is 32.2. The van der Waals surface area contributed by atoms with Gasteiger partial charge in [0.1, 0.15) is 0 Å². The summed E-state index contributed by atoms with van der Waals surface area (Å²) in [5, 5.41) is 0. The third-order valence-electron chi connectivity index (χ3n) is 5.11. The van der Waals surface area contributed by atoms with E-state index in [1.165, 1.54) is 22.5 Å². The van der Waals surface area contributed by atoms with Gasteiger partial charge < -0.3 is 0 Å². The monoisotopic (exact) mass is 400 g/mol. The van der Waals surface area contributed by atoms with Gasteiger partial charge in [0.2, 0.25) is 26.0 Å². The second-order valence-electron chi connectivity index (χ2n) is 7.32. The molecule has 0 spiro atoms. The first-order valence-corrected chi connectivity index (χ1v) is 11.8. The molecule has 0 saturated carbocycles. The fourth-order valence-corrected chi connectivity index (χ4v) is 6.99. The summed E-state index contributed by atoms with van der Waals surface area (Å²) < 4.78 is 52.6. The van der Waals surface area contributed by atoms with E-state index in [-0.39, 0.29) is 16.3 Å². The van der Waals surface area contributed by atoms with Crippen LogP contribution in [0.4, 0.5) is 5.69 Å². The molecule has 3 rings (SSSR count). The molecule has 7 nitrogen and oxygen atoms in total. The summed E-state index contributed by atoms with van der Waals surface area (Å²) in [6.07, 6.45) is 1.66. The van der Waals surface area contributed by atoms with Crippen LogP contribution in [0.25, 0.3) is 0 Å². The van der Waals surface area contributed by atoms with E-state index in [1.807, 2.05) is 0 Å². The number of carbonyl (C=O) groups is 1. The minimum absolute atomic E-state index is 0.160. The Morgan fingerprint density at radius 1 is 1.12 bits per heavy atom. The van der Waals surface area contributed by atoms with Crippen LogP contribution in [0.2, 0.25) is 0 Å². The summed E-state index contributed by atoms with van der Waals surface area (Å²) in [5.74, 6) is -0.793. The maximum absolute atomic E-state index is 12.9. The number of aryl methyl sites for hydroxylation is 1. The van der Waals surface area contributed by atoms with Crippen molar-refractivity contribution in [3.63, 3.8) is 0 Å². The molecule has 0 unspecified atom stereocenters. The smallest absolute Gasteiger partial charge is 0.244 e. The summed E-state index contributed by atoms with van der Waals surface area (Å²) >= 11 is 0. The summed E-state index contributed by atoms with van der Waals surface area (Å²) in [6.45, 7) is 6.28. The van der Waals surface area contributed by atoms with Crippen LogP contribution in [0.5, 0.6) is 0 Å². The Hall–Kier alpha value is -1.45. The summed E-state index contributed by atoms with van der Waals surface area (Å²) in [4.78, 5) is 12.4. The normalized spacial score (nSPS) is 25.0. The predicted octanol–water partition coefficient (Wildman–Crippen LogP) is 1.73. The van der Waals surface area contributed by atoms with Crippen LogP contribution >= 0.6 is 0 Å². The number of sulfonamides is 2. The van der Waals surface area contributed by atoms with E-state index in [0.29, 0.717) is 24.6 Å². The van der Waals surface area contributed by atoms with E-state index < -0.39 is 31.9 Å². The molecule has 9 heteroatoms. The van der Waals surface area contributed by atoms with Gasteiger partial charge in [-0.3, -0.25) is 4.79 Å². The molecule has 1 aromatic rings. The van der Waals surface area contributed by atoms with Gasteiger partial charge in [0, 0.05) is 13.1 Å². The van der Waals surface area contributed by atoms with Gasteiger partial charge in [0.15, 0.2) is 0 Å². The molecule has 0 radical (unpaired) electrons. The van der Waals surface area contributed by atoms with Crippen LogP contribution in [-0.4, -0.2) is 45.9 Å². The maximum atomic E-state index is 12.9. The van der Waals surface area contributed by atoms with Crippen LogP contribution in [0.15, 0.2) is 23.1 Å². The minimum Gasteiger partial charge on any atom is -0.273 e. The summed E-state index contributed by atoms with van der Waals surface area (Å²) in [5.41, 5.74) is 0.631. The molecule has 2 aliphatic rings. The lowest BCUT2D eigenvalue weighted by Crippen LogP contribution is -2.38. The van der Waals surface area contributed by atoms with Gasteiger partial charge in [0.25, 0.3) is 0 Å². The zero-order chi connectivity index (χ0) is 19.3. The van der Waals surface area contributed by atoms with E-state index in [0.717, 1.165) is 17.1 Å². The fourth-order valence-electron chi connectivity index (χ4n) is 3.50. The quantitative estimate of drug-likeness (QED) is 0.770. The Morgan fingerprint density at radius 3 is 2.23 bits per heavy atom. The molecular weight excluding hydrogens is 376 g/mol. The van der Waals surface area contributed by atoms with Crippen molar-refractivity contribution in [1.82, 2.24) is 4.31 Å². The number of piperidine rings is 1. The molecule has 2 aliphatic heterocycles. The molecule has 2 saturated heterocycles. The lowest BCUT2D eigenvalue weighted by Gasteiger charge is -2.30. The third-order valence-corrected chi connectivity index (χ3v) is 9.04. The van der Waals surface area contributed by atoms with Gasteiger partial charge in [-0.25, -0.2) is 21.1 Å². The number of benzene rings is 1. The number of hydrogen-bond donors (Lipinski definition) is 0. The van der Waals surface area contributed by atoms with E-state index in [9.17, 15) is 21.6 Å². The van der Waals surface area contributed by atoms with E-state index in [4.69, 9.17) is 0 Å². The molecule has 26 heavy (non-hydrogen) atoms. The van der Waals surface area contributed by atoms with Crippen molar-refractivity contribution in [1.29, 1.82) is 0 Å². The SMILES string of the molecule is Cc1cc(N2C(=O)[C@H](C)CS2(=O)=O)ccc1S(=O)(=O)N1CCC(C)CC1. The third kappa shape index (κ3) is 3.27. The largest absolute Gasteiger partial charge is 0.273 e. The van der Waals surface area contributed by atoms with Gasteiger partial charge in [-0.05, 0) is 49.4 Å². The number of hydrogen-bond acceptors (Lipinski definition) is 5. The second kappa shape index (κ2) is 6.61. The standard InChI is InChI=1S/C17H24N2O5S2/c1-12-6-8-18(9-7-12)26(23,24)16-5-4-15(10-13(16)2)19-17(20)14(3)11-25(19,21)22/h4-5,10,12,14H,6-9,11H2,1-3H3/t14-/m1/s1. The van der Waals surface area contributed by atoms with Crippen LogP contribution in [-0.2, 0) is 24.8 Å². The second-order valence-corrected chi connectivity index (χ2v) is 11.1. The average molecular weight is 401 g/mol. The van der Waals surface area contributed by atoms with Crippen molar-refractivity contribution in [3.05, 3.63) is 23.8 Å². The van der Waals surface area contributed by atoms with Gasteiger partial charge >= 0.3 is 0 Å². The summed E-state index contributed by atoms with van der Waals surface area (Å²) in [6, 6.07) is 4.27. The molecule has 0 N–H and O–H groups in total. The molecule has 1 amide bonds. The lowest BCUT2D eigenvalue weighted by atomic mass is 10.0. The molecule has 0 aliphatic carbocycles. The molecule has 0 aromatic heterocycles. The van der Waals surface area contributed by atoms with Crippen LogP contribution in [0.3, 0.4) is 0 Å². The molecule has 2 fully saturated rings. The van der Waals surface area contributed by atoms with Crippen molar-refractivity contribution in [3.8, 4) is 0 Å². The van der Waals surface area contributed by atoms with Gasteiger partial charge in [0.05, 0.1) is 22.3 Å². The maximum Gasteiger partial charge on any atom is 0.244 e. The van der Waals surface area contributed by atoms with Crippen LogP contribution in [0, 0.1) is 18.8 Å². The fraction of sp³-hybridized carbons (Fsp3) is 0.588. The predicted molar refractivity (Wildman–Crippen MR) is 98.8 cm³/mol. The highest BCUT2D eigenvalue weighted by Crippen LogP contribution is 2.32. The molecule has 144 valence electrons. The van der Waals surface area contributed by atoms with E-state index in [1.54, 1.807) is 13.8 Å². The molecule has 1 aromatic carbocycles.